The SMILES string of the molecule is COC1(c2ccc(F)c(O)c2)CCOCC1. The number of rotatable bonds is 2. The zero-order chi connectivity index (χ0) is 11.6. The Balaban J connectivity index is 2.35. The lowest BCUT2D eigenvalue weighted by Gasteiger charge is -2.36. The van der Waals surface area contributed by atoms with E-state index in [0.717, 1.165) is 5.56 Å². The predicted molar refractivity (Wildman–Crippen MR) is 56.8 cm³/mol. The quantitative estimate of drug-likeness (QED) is 0.840. The molecule has 1 aliphatic heterocycles. The molecule has 0 saturated carbocycles. The first kappa shape index (κ1) is 11.4. The maximum absolute atomic E-state index is 13.0. The van der Waals surface area contributed by atoms with E-state index in [9.17, 15) is 9.50 Å². The summed E-state index contributed by atoms with van der Waals surface area (Å²) in [6, 6.07) is 4.36. The number of hydrogen-bond donors (Lipinski definition) is 1. The van der Waals surface area contributed by atoms with Crippen LogP contribution in [0.4, 0.5) is 4.39 Å². The summed E-state index contributed by atoms with van der Waals surface area (Å²) in [7, 11) is 1.63. The summed E-state index contributed by atoms with van der Waals surface area (Å²) < 4.78 is 23.8. The molecule has 88 valence electrons. The van der Waals surface area contributed by atoms with E-state index in [-0.39, 0.29) is 5.75 Å². The Bertz CT molecular complexity index is 373. The van der Waals surface area contributed by atoms with Crippen molar-refractivity contribution in [3.8, 4) is 5.75 Å². The lowest BCUT2D eigenvalue weighted by atomic mass is 9.86. The zero-order valence-electron chi connectivity index (χ0n) is 9.20. The van der Waals surface area contributed by atoms with Crippen LogP contribution in [-0.2, 0) is 15.1 Å². The maximum Gasteiger partial charge on any atom is 0.164 e. The molecule has 4 heteroatoms. The molecule has 0 atom stereocenters. The highest BCUT2D eigenvalue weighted by molar-refractivity contribution is 5.33. The van der Waals surface area contributed by atoms with Crippen LogP contribution in [0.2, 0.25) is 0 Å². The predicted octanol–water partition coefficient (Wildman–Crippen LogP) is 2.18. The molecule has 1 saturated heterocycles. The Kier molecular flexibility index (Phi) is 3.12. The number of phenols is 1. The highest BCUT2D eigenvalue weighted by Gasteiger charge is 2.34. The number of benzene rings is 1. The Morgan fingerprint density at radius 3 is 2.62 bits per heavy atom. The van der Waals surface area contributed by atoms with Gasteiger partial charge in [0.25, 0.3) is 0 Å². The van der Waals surface area contributed by atoms with Crippen molar-refractivity contribution in [2.24, 2.45) is 0 Å². The summed E-state index contributed by atoms with van der Waals surface area (Å²) in [4.78, 5) is 0. The molecule has 1 fully saturated rings. The van der Waals surface area contributed by atoms with Crippen LogP contribution < -0.4 is 0 Å². The summed E-state index contributed by atoms with van der Waals surface area (Å²) in [6.07, 6.45) is 1.43. The molecule has 1 N–H and O–H groups in total. The first-order valence-electron chi connectivity index (χ1n) is 5.30. The molecule has 1 aromatic carbocycles. The Morgan fingerprint density at radius 2 is 2.06 bits per heavy atom. The van der Waals surface area contributed by atoms with E-state index in [1.165, 1.54) is 12.1 Å². The van der Waals surface area contributed by atoms with Crippen molar-refractivity contribution < 1.29 is 19.0 Å². The molecular formula is C12H15FO3. The van der Waals surface area contributed by atoms with Crippen molar-refractivity contribution in [3.05, 3.63) is 29.6 Å². The number of methoxy groups -OCH3 is 1. The lowest BCUT2D eigenvalue weighted by molar-refractivity contribution is -0.0948. The molecule has 16 heavy (non-hydrogen) atoms. The molecule has 0 unspecified atom stereocenters. The summed E-state index contributed by atoms with van der Waals surface area (Å²) in [6.45, 7) is 1.23. The van der Waals surface area contributed by atoms with E-state index in [4.69, 9.17) is 9.47 Å². The van der Waals surface area contributed by atoms with E-state index < -0.39 is 11.4 Å². The number of halogens is 1. The molecule has 1 aromatic rings. The van der Waals surface area contributed by atoms with Crippen molar-refractivity contribution in [2.75, 3.05) is 20.3 Å². The van der Waals surface area contributed by atoms with Gasteiger partial charge in [-0.3, -0.25) is 0 Å². The minimum absolute atomic E-state index is 0.333. The van der Waals surface area contributed by atoms with Crippen LogP contribution in [0, 0.1) is 5.82 Å². The molecule has 1 aliphatic rings. The fourth-order valence-corrected chi connectivity index (χ4v) is 2.11. The van der Waals surface area contributed by atoms with Crippen LogP contribution >= 0.6 is 0 Å². The second-order valence-corrected chi connectivity index (χ2v) is 3.98. The molecule has 0 amide bonds. The second-order valence-electron chi connectivity index (χ2n) is 3.98. The molecule has 0 radical (unpaired) electrons. The fraction of sp³-hybridized carbons (Fsp3) is 0.500. The van der Waals surface area contributed by atoms with Crippen molar-refractivity contribution in [3.63, 3.8) is 0 Å². The molecule has 0 spiro atoms. The highest BCUT2D eigenvalue weighted by Crippen LogP contribution is 2.37. The van der Waals surface area contributed by atoms with Crippen LogP contribution in [0.15, 0.2) is 18.2 Å². The number of hydrogen-bond acceptors (Lipinski definition) is 3. The first-order chi connectivity index (χ1) is 7.68. The van der Waals surface area contributed by atoms with Crippen molar-refractivity contribution in [1.82, 2.24) is 0 Å². The standard InChI is InChI=1S/C12H15FO3/c1-15-12(4-6-16-7-5-12)9-2-3-10(13)11(14)8-9/h2-3,8,14H,4-7H2,1H3. The number of aromatic hydroxyl groups is 1. The topological polar surface area (TPSA) is 38.7 Å². The van der Waals surface area contributed by atoms with Gasteiger partial charge in [0.2, 0.25) is 0 Å². The van der Waals surface area contributed by atoms with Crippen LogP contribution in [0.3, 0.4) is 0 Å². The molecule has 1 heterocycles. The van der Waals surface area contributed by atoms with Gasteiger partial charge < -0.3 is 14.6 Å². The van der Waals surface area contributed by atoms with Crippen LogP contribution in [0.5, 0.6) is 5.75 Å². The van der Waals surface area contributed by atoms with Crippen molar-refractivity contribution >= 4 is 0 Å². The minimum Gasteiger partial charge on any atom is -0.505 e. The van der Waals surface area contributed by atoms with Crippen LogP contribution in [-0.4, -0.2) is 25.4 Å². The van der Waals surface area contributed by atoms with Gasteiger partial charge in [-0.25, -0.2) is 4.39 Å². The normalized spacial score (nSPS) is 19.6. The van der Waals surface area contributed by atoms with E-state index in [2.05, 4.69) is 0 Å². The van der Waals surface area contributed by atoms with Gasteiger partial charge in [0.1, 0.15) is 0 Å². The van der Waals surface area contributed by atoms with E-state index in [0.29, 0.717) is 26.1 Å². The molecule has 2 rings (SSSR count). The molecule has 0 aromatic heterocycles. The third kappa shape index (κ3) is 1.90. The average Bonchev–Trinajstić information content (AvgIpc) is 2.33. The second kappa shape index (κ2) is 4.39. The summed E-state index contributed by atoms with van der Waals surface area (Å²) in [5.41, 5.74) is 0.348. The Morgan fingerprint density at radius 1 is 1.38 bits per heavy atom. The lowest BCUT2D eigenvalue weighted by Crippen LogP contribution is -2.35. The zero-order valence-corrected chi connectivity index (χ0v) is 9.20. The van der Waals surface area contributed by atoms with Gasteiger partial charge >= 0.3 is 0 Å². The van der Waals surface area contributed by atoms with Gasteiger partial charge in [-0.2, -0.15) is 0 Å². The third-order valence-electron chi connectivity index (χ3n) is 3.16. The summed E-state index contributed by atoms with van der Waals surface area (Å²) in [5.74, 6) is -0.942. The maximum atomic E-state index is 13.0. The van der Waals surface area contributed by atoms with Gasteiger partial charge in [-0.1, -0.05) is 6.07 Å². The molecule has 0 bridgehead atoms. The van der Waals surface area contributed by atoms with Crippen LogP contribution in [0.25, 0.3) is 0 Å². The van der Waals surface area contributed by atoms with E-state index in [1.54, 1.807) is 13.2 Å². The van der Waals surface area contributed by atoms with Gasteiger partial charge in [-0.05, 0) is 17.7 Å². The molecular weight excluding hydrogens is 211 g/mol. The fourth-order valence-electron chi connectivity index (χ4n) is 2.11. The van der Waals surface area contributed by atoms with Crippen molar-refractivity contribution in [2.45, 2.75) is 18.4 Å². The monoisotopic (exact) mass is 226 g/mol. The first-order valence-corrected chi connectivity index (χ1v) is 5.30. The minimum atomic E-state index is -0.609. The molecule has 0 aliphatic carbocycles. The van der Waals surface area contributed by atoms with E-state index in [1.807, 2.05) is 0 Å². The third-order valence-corrected chi connectivity index (χ3v) is 3.16. The van der Waals surface area contributed by atoms with Crippen molar-refractivity contribution in [1.29, 1.82) is 0 Å². The average molecular weight is 226 g/mol. The van der Waals surface area contributed by atoms with E-state index >= 15 is 0 Å². The Hall–Kier alpha value is -1.13. The van der Waals surface area contributed by atoms with Gasteiger partial charge in [0, 0.05) is 33.2 Å². The summed E-state index contributed by atoms with van der Waals surface area (Å²) in [5, 5.41) is 9.38. The van der Waals surface area contributed by atoms with Crippen LogP contribution in [0.1, 0.15) is 18.4 Å². The largest absolute Gasteiger partial charge is 0.505 e. The molecule has 3 nitrogen and oxygen atoms in total. The highest BCUT2D eigenvalue weighted by atomic mass is 19.1. The summed E-state index contributed by atoms with van der Waals surface area (Å²) >= 11 is 0. The number of ether oxygens (including phenoxy) is 2. The smallest absolute Gasteiger partial charge is 0.164 e. The van der Waals surface area contributed by atoms with Gasteiger partial charge in [0.05, 0.1) is 5.60 Å². The van der Waals surface area contributed by atoms with Gasteiger partial charge in [-0.15, -0.1) is 0 Å². The Labute approximate surface area is 93.8 Å². The number of phenolic OH excluding ortho intramolecular Hbond substituents is 1. The van der Waals surface area contributed by atoms with Gasteiger partial charge in [0.15, 0.2) is 11.6 Å².